The first-order chi connectivity index (χ1) is 12.1. The van der Waals surface area contributed by atoms with Gasteiger partial charge in [-0.15, -0.1) is 0 Å². The molecule has 0 aromatic heterocycles. The molecule has 140 valence electrons. The number of nitrogens with zero attached hydrogens (tertiary/aromatic N) is 1. The third-order valence-corrected chi connectivity index (χ3v) is 6.26. The first kappa shape index (κ1) is 20.1. The molecule has 0 saturated heterocycles. The molecule has 7 heteroatoms. The summed E-state index contributed by atoms with van der Waals surface area (Å²) in [5.74, 6) is -0.673. The molecule has 0 radical (unpaired) electrons. The molecule has 0 heterocycles. The maximum absolute atomic E-state index is 13.5. The summed E-state index contributed by atoms with van der Waals surface area (Å²) in [6, 6.07) is 10.4. The number of benzene rings is 2. The monoisotopic (exact) mass is 378 g/mol. The van der Waals surface area contributed by atoms with Gasteiger partial charge in [0, 0.05) is 25.2 Å². The molecule has 0 saturated carbocycles. The molecular weight excluding hydrogens is 355 g/mol. The fourth-order valence-electron chi connectivity index (χ4n) is 2.25. The lowest BCUT2D eigenvalue weighted by Gasteiger charge is -2.21. The standard InChI is InChI=1S/C19H23FN2O3S/c1-13(2)22(4)26(24,25)17-9-7-16(8-10-17)19(23)21-12-15-6-5-14(3)18(20)11-15/h5-11,13H,12H2,1-4H3,(H,21,23). The van der Waals surface area contributed by atoms with Crippen LogP contribution in [0.25, 0.3) is 0 Å². The summed E-state index contributed by atoms with van der Waals surface area (Å²) in [7, 11) is -2.07. The number of nitrogens with one attached hydrogen (secondary N) is 1. The Morgan fingerprint density at radius 1 is 1.15 bits per heavy atom. The Hall–Kier alpha value is -2.25. The topological polar surface area (TPSA) is 66.5 Å². The van der Waals surface area contributed by atoms with E-state index in [1.165, 1.54) is 41.7 Å². The first-order valence-corrected chi connectivity index (χ1v) is 9.68. The first-order valence-electron chi connectivity index (χ1n) is 8.24. The van der Waals surface area contributed by atoms with Crippen molar-refractivity contribution in [1.29, 1.82) is 0 Å². The lowest BCUT2D eigenvalue weighted by atomic mass is 10.1. The molecule has 0 unspecified atom stereocenters. The highest BCUT2D eigenvalue weighted by Crippen LogP contribution is 2.17. The minimum absolute atomic E-state index is 0.130. The van der Waals surface area contributed by atoms with E-state index in [-0.39, 0.29) is 29.2 Å². The number of halogens is 1. The van der Waals surface area contributed by atoms with Crippen LogP contribution < -0.4 is 5.32 Å². The summed E-state index contributed by atoms with van der Waals surface area (Å²) in [5, 5.41) is 2.70. The van der Waals surface area contributed by atoms with Crippen LogP contribution in [0.4, 0.5) is 4.39 Å². The van der Waals surface area contributed by atoms with Crippen LogP contribution in [0.5, 0.6) is 0 Å². The van der Waals surface area contributed by atoms with Crippen molar-refractivity contribution in [2.75, 3.05) is 7.05 Å². The number of hydrogen-bond acceptors (Lipinski definition) is 3. The van der Waals surface area contributed by atoms with Gasteiger partial charge in [0.15, 0.2) is 0 Å². The van der Waals surface area contributed by atoms with Crippen LogP contribution in [0.15, 0.2) is 47.4 Å². The van der Waals surface area contributed by atoms with Gasteiger partial charge in [0.1, 0.15) is 5.82 Å². The van der Waals surface area contributed by atoms with Crippen molar-refractivity contribution >= 4 is 15.9 Å². The van der Waals surface area contributed by atoms with Gasteiger partial charge >= 0.3 is 0 Å². The fourth-order valence-corrected chi connectivity index (χ4v) is 3.62. The van der Waals surface area contributed by atoms with Crippen molar-refractivity contribution in [3.05, 3.63) is 65.0 Å². The minimum Gasteiger partial charge on any atom is -0.348 e. The van der Waals surface area contributed by atoms with Crippen LogP contribution in [0, 0.1) is 12.7 Å². The average Bonchev–Trinajstić information content (AvgIpc) is 2.61. The number of sulfonamides is 1. The fraction of sp³-hybridized carbons (Fsp3) is 0.316. The second kappa shape index (κ2) is 7.97. The molecule has 26 heavy (non-hydrogen) atoms. The molecule has 0 bridgehead atoms. The van der Waals surface area contributed by atoms with Crippen LogP contribution >= 0.6 is 0 Å². The highest BCUT2D eigenvalue weighted by atomic mass is 32.2. The Labute approximate surface area is 153 Å². The zero-order valence-electron chi connectivity index (χ0n) is 15.3. The Bertz CT molecular complexity index is 894. The summed E-state index contributed by atoms with van der Waals surface area (Å²) >= 11 is 0. The molecule has 1 amide bonds. The Morgan fingerprint density at radius 3 is 2.31 bits per heavy atom. The van der Waals surface area contributed by atoms with Crippen LogP contribution in [-0.2, 0) is 16.6 Å². The lowest BCUT2D eigenvalue weighted by molar-refractivity contribution is 0.0950. The van der Waals surface area contributed by atoms with Crippen molar-refractivity contribution < 1.29 is 17.6 Å². The third-order valence-electron chi connectivity index (χ3n) is 4.21. The largest absolute Gasteiger partial charge is 0.348 e. The molecule has 0 aliphatic rings. The summed E-state index contributed by atoms with van der Waals surface area (Å²) in [4.78, 5) is 12.3. The molecule has 2 aromatic carbocycles. The van der Waals surface area contributed by atoms with E-state index in [2.05, 4.69) is 5.32 Å². The van der Waals surface area contributed by atoms with Crippen LogP contribution in [0.3, 0.4) is 0 Å². The summed E-state index contributed by atoms with van der Waals surface area (Å²) < 4.78 is 39.6. The van der Waals surface area contributed by atoms with E-state index in [0.717, 1.165) is 0 Å². The number of amides is 1. The predicted octanol–water partition coefficient (Wildman–Crippen LogP) is 3.09. The molecule has 0 spiro atoms. The van der Waals surface area contributed by atoms with E-state index in [0.29, 0.717) is 16.7 Å². The Kier molecular flexibility index (Phi) is 6.15. The van der Waals surface area contributed by atoms with Crippen LogP contribution in [0.1, 0.15) is 35.3 Å². The van der Waals surface area contributed by atoms with Gasteiger partial charge in [-0.25, -0.2) is 12.8 Å². The van der Waals surface area contributed by atoms with E-state index >= 15 is 0 Å². The van der Waals surface area contributed by atoms with Gasteiger partial charge in [0.2, 0.25) is 10.0 Å². The van der Waals surface area contributed by atoms with Gasteiger partial charge in [-0.2, -0.15) is 4.31 Å². The molecule has 0 fully saturated rings. The van der Waals surface area contributed by atoms with E-state index in [1.807, 2.05) is 0 Å². The Balaban J connectivity index is 2.08. The zero-order chi connectivity index (χ0) is 19.5. The predicted molar refractivity (Wildman–Crippen MR) is 98.8 cm³/mol. The zero-order valence-corrected chi connectivity index (χ0v) is 16.1. The summed E-state index contributed by atoms with van der Waals surface area (Å²) in [6.07, 6.45) is 0. The van der Waals surface area contributed by atoms with Crippen molar-refractivity contribution in [2.24, 2.45) is 0 Å². The maximum Gasteiger partial charge on any atom is 0.251 e. The van der Waals surface area contributed by atoms with Crippen molar-refractivity contribution in [3.8, 4) is 0 Å². The van der Waals surface area contributed by atoms with Crippen molar-refractivity contribution in [3.63, 3.8) is 0 Å². The SMILES string of the molecule is Cc1ccc(CNC(=O)c2ccc(S(=O)(=O)N(C)C(C)C)cc2)cc1F. The number of hydrogen-bond donors (Lipinski definition) is 1. The molecule has 0 aliphatic heterocycles. The molecule has 1 N–H and O–H groups in total. The summed E-state index contributed by atoms with van der Waals surface area (Å²) in [6.45, 7) is 5.43. The van der Waals surface area contributed by atoms with Crippen molar-refractivity contribution in [2.45, 2.75) is 38.3 Å². The molecule has 2 aromatic rings. The van der Waals surface area contributed by atoms with Crippen molar-refractivity contribution in [1.82, 2.24) is 9.62 Å². The van der Waals surface area contributed by atoms with Gasteiger partial charge < -0.3 is 5.32 Å². The van der Waals surface area contributed by atoms with Gasteiger partial charge in [0.05, 0.1) is 4.90 Å². The van der Waals surface area contributed by atoms with Gasteiger partial charge in [-0.05, 0) is 62.2 Å². The second-order valence-corrected chi connectivity index (χ2v) is 8.40. The highest BCUT2D eigenvalue weighted by molar-refractivity contribution is 7.89. The smallest absolute Gasteiger partial charge is 0.251 e. The van der Waals surface area contributed by atoms with Gasteiger partial charge in [0.25, 0.3) is 5.91 Å². The average molecular weight is 378 g/mol. The summed E-state index contributed by atoms with van der Waals surface area (Å²) in [5.41, 5.74) is 1.53. The van der Waals surface area contributed by atoms with Gasteiger partial charge in [-0.3, -0.25) is 4.79 Å². The number of carbonyl (C=O) groups is 1. The van der Waals surface area contributed by atoms with E-state index in [4.69, 9.17) is 0 Å². The maximum atomic E-state index is 13.5. The molecule has 5 nitrogen and oxygen atoms in total. The number of carbonyl (C=O) groups excluding carboxylic acids is 1. The Morgan fingerprint density at radius 2 is 1.77 bits per heavy atom. The van der Waals surface area contributed by atoms with E-state index in [1.54, 1.807) is 32.9 Å². The molecule has 2 rings (SSSR count). The molecule has 0 atom stereocenters. The minimum atomic E-state index is -3.58. The van der Waals surface area contributed by atoms with Crippen LogP contribution in [-0.4, -0.2) is 31.7 Å². The molecule has 0 aliphatic carbocycles. The second-order valence-electron chi connectivity index (χ2n) is 6.41. The van der Waals surface area contributed by atoms with E-state index < -0.39 is 10.0 Å². The quantitative estimate of drug-likeness (QED) is 0.840. The number of aryl methyl sites for hydroxylation is 1. The third kappa shape index (κ3) is 4.47. The normalized spacial score (nSPS) is 11.8. The van der Waals surface area contributed by atoms with Gasteiger partial charge in [-0.1, -0.05) is 12.1 Å². The molecular formula is C19H23FN2O3S. The number of rotatable bonds is 6. The van der Waals surface area contributed by atoms with E-state index in [9.17, 15) is 17.6 Å². The van der Waals surface area contributed by atoms with Crippen LogP contribution in [0.2, 0.25) is 0 Å². The lowest BCUT2D eigenvalue weighted by Crippen LogP contribution is -2.33. The highest BCUT2D eigenvalue weighted by Gasteiger charge is 2.23.